The molecule has 0 unspecified atom stereocenters. The van der Waals surface area contributed by atoms with Crippen LogP contribution < -0.4 is 0 Å². The third kappa shape index (κ3) is 1.35. The number of hydrogen-bond donors (Lipinski definition) is 2. The maximum absolute atomic E-state index is 10.7. The lowest BCUT2D eigenvalue weighted by Gasteiger charge is -2.02. The van der Waals surface area contributed by atoms with E-state index < -0.39 is 0 Å². The van der Waals surface area contributed by atoms with Gasteiger partial charge in [-0.3, -0.25) is 4.79 Å². The number of fused-ring (bicyclic) bond motifs is 1. The van der Waals surface area contributed by atoms with Crippen LogP contribution in [-0.4, -0.2) is 11.4 Å². The lowest BCUT2D eigenvalue weighted by atomic mass is 10.1. The number of aliphatic hydroxyl groups is 1. The number of hydrogen-bond acceptors (Lipinski definition) is 4. The van der Waals surface area contributed by atoms with E-state index in [1.807, 2.05) is 6.07 Å². The standard InChI is InChI=1S/C10H8O2S2/c11-3-6-5-14-10-7(6)1-2-9(13)8(10)4-12/h1-3,5,12-13H,4H2. The molecular formula is C10H8O2S2. The number of aldehydes is 1. The van der Waals surface area contributed by atoms with E-state index in [9.17, 15) is 4.79 Å². The van der Waals surface area contributed by atoms with Crippen molar-refractivity contribution >= 4 is 40.3 Å². The van der Waals surface area contributed by atoms with Crippen molar-refractivity contribution in [1.29, 1.82) is 0 Å². The summed E-state index contributed by atoms with van der Waals surface area (Å²) in [7, 11) is 0. The summed E-state index contributed by atoms with van der Waals surface area (Å²) in [5.41, 5.74) is 1.47. The predicted molar refractivity (Wildman–Crippen MR) is 60.4 cm³/mol. The number of carbonyl (C=O) groups excluding carboxylic acids is 1. The second kappa shape index (κ2) is 3.73. The molecule has 72 valence electrons. The topological polar surface area (TPSA) is 37.3 Å². The van der Waals surface area contributed by atoms with E-state index in [0.717, 1.165) is 26.8 Å². The van der Waals surface area contributed by atoms with Crippen molar-refractivity contribution in [2.24, 2.45) is 0 Å². The van der Waals surface area contributed by atoms with Gasteiger partial charge in [-0.1, -0.05) is 6.07 Å². The highest BCUT2D eigenvalue weighted by atomic mass is 32.1. The first kappa shape index (κ1) is 9.71. The molecule has 0 bridgehead atoms. The summed E-state index contributed by atoms with van der Waals surface area (Å²) < 4.78 is 0.946. The molecule has 0 saturated heterocycles. The van der Waals surface area contributed by atoms with Gasteiger partial charge in [0.15, 0.2) is 6.29 Å². The second-order valence-corrected chi connectivity index (χ2v) is 4.27. The number of benzene rings is 1. The summed E-state index contributed by atoms with van der Waals surface area (Å²) in [5.74, 6) is 0. The molecule has 0 fully saturated rings. The Kier molecular flexibility index (Phi) is 2.58. The first-order valence-electron chi connectivity index (χ1n) is 4.06. The van der Waals surface area contributed by atoms with Gasteiger partial charge in [0.2, 0.25) is 0 Å². The maximum atomic E-state index is 10.7. The molecular weight excluding hydrogens is 216 g/mol. The Balaban J connectivity index is 2.83. The van der Waals surface area contributed by atoms with Crippen LogP contribution in [0.1, 0.15) is 15.9 Å². The summed E-state index contributed by atoms with van der Waals surface area (Å²) in [6, 6.07) is 3.66. The summed E-state index contributed by atoms with van der Waals surface area (Å²) in [6.45, 7) is -0.0466. The third-order valence-electron chi connectivity index (χ3n) is 2.14. The first-order valence-corrected chi connectivity index (χ1v) is 5.38. The Morgan fingerprint density at radius 2 is 2.29 bits per heavy atom. The summed E-state index contributed by atoms with van der Waals surface area (Å²) in [4.78, 5) is 11.5. The Labute approximate surface area is 90.6 Å². The van der Waals surface area contributed by atoms with Gasteiger partial charge in [-0.2, -0.15) is 0 Å². The minimum absolute atomic E-state index is 0.0466. The molecule has 0 radical (unpaired) electrons. The van der Waals surface area contributed by atoms with Crippen molar-refractivity contribution in [3.05, 3.63) is 28.6 Å². The van der Waals surface area contributed by atoms with Gasteiger partial charge in [0.25, 0.3) is 0 Å². The van der Waals surface area contributed by atoms with Crippen molar-refractivity contribution in [2.75, 3.05) is 0 Å². The first-order chi connectivity index (χ1) is 6.77. The Bertz CT molecular complexity index is 488. The van der Waals surface area contributed by atoms with Crippen molar-refractivity contribution < 1.29 is 9.90 Å². The van der Waals surface area contributed by atoms with E-state index in [1.54, 1.807) is 11.4 Å². The quantitative estimate of drug-likeness (QED) is 0.607. The highest BCUT2D eigenvalue weighted by Gasteiger charge is 2.09. The fraction of sp³-hybridized carbons (Fsp3) is 0.100. The van der Waals surface area contributed by atoms with Gasteiger partial charge in [0.1, 0.15) is 0 Å². The summed E-state index contributed by atoms with van der Waals surface area (Å²) in [5, 5.41) is 11.9. The molecule has 0 amide bonds. The second-order valence-electron chi connectivity index (χ2n) is 2.91. The monoisotopic (exact) mass is 224 g/mol. The van der Waals surface area contributed by atoms with Gasteiger partial charge in [0, 0.05) is 31.5 Å². The van der Waals surface area contributed by atoms with Crippen LogP contribution in [0.4, 0.5) is 0 Å². The molecule has 14 heavy (non-hydrogen) atoms. The molecule has 1 heterocycles. The van der Waals surface area contributed by atoms with Crippen LogP contribution in [-0.2, 0) is 6.61 Å². The molecule has 4 heteroatoms. The molecule has 1 aromatic heterocycles. The van der Waals surface area contributed by atoms with Crippen LogP contribution >= 0.6 is 24.0 Å². The van der Waals surface area contributed by atoms with Crippen molar-refractivity contribution in [3.8, 4) is 0 Å². The van der Waals surface area contributed by atoms with Gasteiger partial charge in [-0.05, 0) is 6.07 Å². The Hall–Kier alpha value is -0.840. The zero-order valence-corrected chi connectivity index (χ0v) is 8.94. The van der Waals surface area contributed by atoms with Gasteiger partial charge in [0.05, 0.1) is 6.61 Å². The third-order valence-corrected chi connectivity index (χ3v) is 3.63. The van der Waals surface area contributed by atoms with Crippen LogP contribution in [0.15, 0.2) is 22.4 Å². The molecule has 0 spiro atoms. The molecule has 0 aliphatic rings. The highest BCUT2D eigenvalue weighted by molar-refractivity contribution is 7.80. The van der Waals surface area contributed by atoms with Crippen LogP contribution in [0, 0.1) is 0 Å². The van der Waals surface area contributed by atoms with Crippen LogP contribution in [0.5, 0.6) is 0 Å². The van der Waals surface area contributed by atoms with Crippen molar-refractivity contribution in [2.45, 2.75) is 11.5 Å². The van der Waals surface area contributed by atoms with Gasteiger partial charge in [-0.15, -0.1) is 24.0 Å². The lowest BCUT2D eigenvalue weighted by Crippen LogP contribution is -1.86. The van der Waals surface area contributed by atoms with E-state index in [0.29, 0.717) is 5.56 Å². The van der Waals surface area contributed by atoms with Crippen LogP contribution in [0.3, 0.4) is 0 Å². The average molecular weight is 224 g/mol. The minimum atomic E-state index is -0.0466. The van der Waals surface area contributed by atoms with Crippen molar-refractivity contribution in [3.63, 3.8) is 0 Å². The molecule has 2 nitrogen and oxygen atoms in total. The fourth-order valence-corrected chi connectivity index (χ4v) is 2.80. The van der Waals surface area contributed by atoms with Gasteiger partial charge in [-0.25, -0.2) is 0 Å². The molecule has 2 rings (SSSR count). The normalized spacial score (nSPS) is 10.7. The number of thiophene rings is 1. The zero-order valence-electron chi connectivity index (χ0n) is 7.23. The number of carbonyl (C=O) groups is 1. The molecule has 2 aromatic rings. The fourth-order valence-electron chi connectivity index (χ4n) is 1.41. The van der Waals surface area contributed by atoms with Gasteiger partial charge >= 0.3 is 0 Å². The van der Waals surface area contributed by atoms with Crippen LogP contribution in [0.25, 0.3) is 10.1 Å². The van der Waals surface area contributed by atoms with E-state index in [4.69, 9.17) is 5.11 Å². The number of thiol groups is 1. The van der Waals surface area contributed by atoms with Gasteiger partial charge < -0.3 is 5.11 Å². The number of aliphatic hydroxyl groups excluding tert-OH is 1. The molecule has 0 aliphatic carbocycles. The predicted octanol–water partition coefficient (Wildman–Crippen LogP) is 2.49. The highest BCUT2D eigenvalue weighted by Crippen LogP contribution is 2.31. The average Bonchev–Trinajstić information content (AvgIpc) is 2.60. The maximum Gasteiger partial charge on any atom is 0.151 e. The molecule has 1 N–H and O–H groups in total. The number of rotatable bonds is 2. The largest absolute Gasteiger partial charge is 0.392 e. The SMILES string of the molecule is O=Cc1csc2c(CO)c(S)ccc12. The van der Waals surface area contributed by atoms with E-state index in [1.165, 1.54) is 11.3 Å². The molecule has 0 aliphatic heterocycles. The van der Waals surface area contributed by atoms with E-state index >= 15 is 0 Å². The molecule has 0 atom stereocenters. The summed E-state index contributed by atoms with van der Waals surface area (Å²) in [6.07, 6.45) is 0.832. The van der Waals surface area contributed by atoms with E-state index in [2.05, 4.69) is 12.6 Å². The van der Waals surface area contributed by atoms with Crippen molar-refractivity contribution in [1.82, 2.24) is 0 Å². The minimum Gasteiger partial charge on any atom is -0.392 e. The van der Waals surface area contributed by atoms with E-state index in [-0.39, 0.29) is 6.61 Å². The molecule has 1 aromatic carbocycles. The Morgan fingerprint density at radius 1 is 1.50 bits per heavy atom. The Morgan fingerprint density at radius 3 is 2.93 bits per heavy atom. The lowest BCUT2D eigenvalue weighted by molar-refractivity contribution is 0.112. The van der Waals surface area contributed by atoms with Crippen LogP contribution in [0.2, 0.25) is 0 Å². The smallest absolute Gasteiger partial charge is 0.151 e. The summed E-state index contributed by atoms with van der Waals surface area (Å²) >= 11 is 5.71. The molecule has 0 saturated carbocycles. The zero-order chi connectivity index (χ0) is 10.1.